The zero-order valence-corrected chi connectivity index (χ0v) is 14.9. The fourth-order valence-electron chi connectivity index (χ4n) is 2.25. The second kappa shape index (κ2) is 8.91. The second-order valence-electron chi connectivity index (χ2n) is 5.44. The third-order valence-electron chi connectivity index (χ3n) is 3.52. The number of hydrogen-bond acceptors (Lipinski definition) is 6. The summed E-state index contributed by atoms with van der Waals surface area (Å²) in [5, 5.41) is 16.9. The fourth-order valence-corrected chi connectivity index (χ4v) is 2.49. The molecule has 0 unspecified atom stereocenters. The van der Waals surface area contributed by atoms with Crippen LogP contribution in [0.4, 0.5) is 21.7 Å². The van der Waals surface area contributed by atoms with E-state index in [4.69, 9.17) is 11.6 Å². The van der Waals surface area contributed by atoms with Crippen molar-refractivity contribution in [1.29, 1.82) is 0 Å². The first kappa shape index (κ1) is 18.5. The number of nitrogens with one attached hydrogen (secondary N) is 3. The topological polar surface area (TPSA) is 91.8 Å². The molecule has 3 aromatic rings. The quantitative estimate of drug-likeness (QED) is 0.540. The third kappa shape index (κ3) is 5.11. The lowest BCUT2D eigenvalue weighted by molar-refractivity contribution is 0.0951. The summed E-state index contributed by atoms with van der Waals surface area (Å²) in [4.78, 5) is 16.0. The molecule has 138 valence electrons. The van der Waals surface area contributed by atoms with E-state index >= 15 is 0 Å². The largest absolute Gasteiger partial charge is 0.367 e. The smallest absolute Gasteiger partial charge is 0.255 e. The number of pyridine rings is 1. The summed E-state index contributed by atoms with van der Waals surface area (Å²) in [6.45, 7) is 0.659. The van der Waals surface area contributed by atoms with Crippen LogP contribution >= 0.6 is 11.6 Å². The molecule has 0 saturated carbocycles. The molecule has 3 N–H and O–H groups in total. The molecular weight excluding hydrogens is 371 g/mol. The number of amides is 1. The van der Waals surface area contributed by atoms with Gasteiger partial charge in [-0.05, 0) is 36.4 Å². The Labute approximate surface area is 160 Å². The molecule has 0 aliphatic heterocycles. The average molecular weight is 387 g/mol. The molecule has 9 heteroatoms. The lowest BCUT2D eigenvalue weighted by Gasteiger charge is -2.09. The van der Waals surface area contributed by atoms with Crippen molar-refractivity contribution in [2.75, 3.05) is 23.7 Å². The van der Waals surface area contributed by atoms with Crippen molar-refractivity contribution in [3.63, 3.8) is 0 Å². The van der Waals surface area contributed by atoms with Crippen molar-refractivity contribution < 1.29 is 9.18 Å². The van der Waals surface area contributed by atoms with E-state index in [1.165, 1.54) is 18.2 Å². The number of hydrogen-bond donors (Lipinski definition) is 3. The Kier molecular flexibility index (Phi) is 6.11. The van der Waals surface area contributed by atoms with Crippen LogP contribution in [0.3, 0.4) is 0 Å². The summed E-state index contributed by atoms with van der Waals surface area (Å²) in [5.74, 6) is -0.0818. The molecular formula is C18H16ClFN6O. The van der Waals surface area contributed by atoms with Gasteiger partial charge in [-0.1, -0.05) is 17.7 Å². The van der Waals surface area contributed by atoms with Gasteiger partial charge >= 0.3 is 0 Å². The van der Waals surface area contributed by atoms with Crippen molar-refractivity contribution in [3.8, 4) is 0 Å². The van der Waals surface area contributed by atoms with Gasteiger partial charge in [-0.25, -0.2) is 4.39 Å². The highest BCUT2D eigenvalue weighted by Crippen LogP contribution is 2.18. The molecule has 2 heterocycles. The Morgan fingerprint density at radius 1 is 1.00 bits per heavy atom. The number of carbonyl (C=O) groups excluding carboxylic acids is 1. The molecule has 0 spiro atoms. The van der Waals surface area contributed by atoms with E-state index in [1.54, 1.807) is 24.5 Å². The zero-order chi connectivity index (χ0) is 19.1. The van der Waals surface area contributed by atoms with Crippen molar-refractivity contribution in [3.05, 3.63) is 71.3 Å². The summed E-state index contributed by atoms with van der Waals surface area (Å²) in [6, 6.07) is 11.3. The molecule has 0 aliphatic rings. The molecule has 1 amide bonds. The lowest BCUT2D eigenvalue weighted by Crippen LogP contribution is -2.29. The molecule has 3 rings (SSSR count). The van der Waals surface area contributed by atoms with Crippen LogP contribution in [0.2, 0.25) is 5.02 Å². The molecule has 0 saturated heterocycles. The van der Waals surface area contributed by atoms with Gasteiger partial charge in [-0.2, -0.15) is 0 Å². The number of anilines is 3. The van der Waals surface area contributed by atoms with Gasteiger partial charge in [0.2, 0.25) is 0 Å². The number of rotatable bonds is 7. The van der Waals surface area contributed by atoms with Gasteiger partial charge < -0.3 is 16.0 Å². The van der Waals surface area contributed by atoms with Crippen LogP contribution < -0.4 is 16.0 Å². The van der Waals surface area contributed by atoms with Crippen LogP contribution in [0.5, 0.6) is 0 Å². The van der Waals surface area contributed by atoms with Gasteiger partial charge in [0.25, 0.3) is 5.91 Å². The monoisotopic (exact) mass is 386 g/mol. The van der Waals surface area contributed by atoms with Crippen LogP contribution in [0, 0.1) is 5.82 Å². The highest BCUT2D eigenvalue weighted by atomic mass is 35.5. The fraction of sp³-hybridized carbons (Fsp3) is 0.111. The molecule has 0 fully saturated rings. The molecule has 1 aromatic carbocycles. The first-order chi connectivity index (χ1) is 13.1. The van der Waals surface area contributed by atoms with E-state index < -0.39 is 11.7 Å². The van der Waals surface area contributed by atoms with E-state index in [0.717, 1.165) is 5.69 Å². The van der Waals surface area contributed by atoms with Crippen LogP contribution in [-0.4, -0.2) is 34.2 Å². The first-order valence-corrected chi connectivity index (χ1v) is 8.48. The normalized spacial score (nSPS) is 10.3. The Morgan fingerprint density at radius 3 is 2.44 bits per heavy atom. The number of carbonyl (C=O) groups is 1. The summed E-state index contributed by atoms with van der Waals surface area (Å²) in [6.07, 6.45) is 3.35. The van der Waals surface area contributed by atoms with Crippen molar-refractivity contribution >= 4 is 34.8 Å². The predicted octanol–water partition coefficient (Wildman–Crippen LogP) is 3.25. The van der Waals surface area contributed by atoms with Crippen molar-refractivity contribution in [1.82, 2.24) is 20.5 Å². The summed E-state index contributed by atoms with van der Waals surface area (Å²) in [7, 11) is 0. The Hall–Kier alpha value is -3.26. The molecule has 0 atom stereocenters. The minimum atomic E-state index is -0.656. The Morgan fingerprint density at radius 2 is 1.74 bits per heavy atom. The number of nitrogens with zero attached hydrogens (tertiary/aromatic N) is 3. The van der Waals surface area contributed by atoms with Crippen molar-refractivity contribution in [2.24, 2.45) is 0 Å². The number of aromatic nitrogens is 3. The van der Waals surface area contributed by atoms with Crippen molar-refractivity contribution in [2.45, 2.75) is 0 Å². The molecule has 0 bridgehead atoms. The predicted molar refractivity (Wildman–Crippen MR) is 102 cm³/mol. The molecule has 0 aliphatic carbocycles. The number of halogens is 2. The van der Waals surface area contributed by atoms with E-state index in [1.807, 2.05) is 12.1 Å². The van der Waals surface area contributed by atoms with E-state index in [9.17, 15) is 9.18 Å². The maximum absolute atomic E-state index is 13.7. The van der Waals surface area contributed by atoms with Gasteiger partial charge in [0, 0.05) is 31.2 Å². The van der Waals surface area contributed by atoms with Gasteiger partial charge in [0.1, 0.15) is 11.6 Å². The van der Waals surface area contributed by atoms with Crippen LogP contribution in [0.1, 0.15) is 10.4 Å². The minimum absolute atomic E-state index is 0.0728. The Balaban J connectivity index is 1.46. The summed E-state index contributed by atoms with van der Waals surface area (Å²) < 4.78 is 13.7. The molecule has 27 heavy (non-hydrogen) atoms. The second-order valence-corrected chi connectivity index (χ2v) is 5.85. The summed E-state index contributed by atoms with van der Waals surface area (Å²) in [5.41, 5.74) is 0.694. The van der Waals surface area contributed by atoms with Gasteiger partial charge in [0.15, 0.2) is 5.82 Å². The minimum Gasteiger partial charge on any atom is -0.367 e. The van der Waals surface area contributed by atoms with Crippen LogP contribution in [0.15, 0.2) is 54.9 Å². The number of benzene rings is 1. The maximum atomic E-state index is 13.7. The highest BCUT2D eigenvalue weighted by Gasteiger charge is 2.14. The van der Waals surface area contributed by atoms with E-state index in [-0.39, 0.29) is 17.1 Å². The SMILES string of the molecule is O=C(NCCNc1ccc(Nc2ccncc2)nn1)c1c(F)cccc1Cl. The van der Waals surface area contributed by atoms with Crippen LogP contribution in [-0.2, 0) is 0 Å². The maximum Gasteiger partial charge on any atom is 0.255 e. The zero-order valence-electron chi connectivity index (χ0n) is 14.1. The van der Waals surface area contributed by atoms with Gasteiger partial charge in [0.05, 0.1) is 10.6 Å². The third-order valence-corrected chi connectivity index (χ3v) is 3.84. The van der Waals surface area contributed by atoms with E-state index in [0.29, 0.717) is 18.2 Å². The standard InChI is InChI=1S/C18H16ClFN6O/c19-13-2-1-3-14(20)17(13)18(27)23-11-10-22-15-4-5-16(26-25-15)24-12-6-8-21-9-7-12/h1-9H,10-11H2,(H,22,25)(H,23,27)(H,21,24,26). The van der Waals surface area contributed by atoms with E-state index in [2.05, 4.69) is 31.1 Å². The van der Waals surface area contributed by atoms with Gasteiger partial charge in [-0.3, -0.25) is 9.78 Å². The molecule has 2 aromatic heterocycles. The average Bonchev–Trinajstić information content (AvgIpc) is 2.67. The highest BCUT2D eigenvalue weighted by molar-refractivity contribution is 6.33. The molecule has 7 nitrogen and oxygen atoms in total. The first-order valence-electron chi connectivity index (χ1n) is 8.10. The van der Waals surface area contributed by atoms with Crippen LogP contribution in [0.25, 0.3) is 0 Å². The Bertz CT molecular complexity index is 887. The molecule has 0 radical (unpaired) electrons. The lowest BCUT2D eigenvalue weighted by atomic mass is 10.2. The summed E-state index contributed by atoms with van der Waals surface area (Å²) >= 11 is 5.86. The van der Waals surface area contributed by atoms with Gasteiger partial charge in [-0.15, -0.1) is 10.2 Å².